The Morgan fingerprint density at radius 3 is 3.16 bits per heavy atom. The van der Waals surface area contributed by atoms with Gasteiger partial charge in [0.15, 0.2) is 0 Å². The molecule has 0 aliphatic carbocycles. The standard InChI is InChI=1S/C20H26N2O3/c1-16-4-2-5-18(21-16)13-24-19-10-20(25-14-19)7-3-8-22(15-20)11-17-6-9-23-12-17/h2,4-6,9,12,19H,3,7-8,10-11,13-15H2,1H3/t19-,20-/m1/s1. The minimum Gasteiger partial charge on any atom is -0.472 e. The predicted octanol–water partition coefficient (Wildman–Crippen LogP) is 3.32. The van der Waals surface area contributed by atoms with Crippen LogP contribution >= 0.6 is 0 Å². The largest absolute Gasteiger partial charge is 0.472 e. The third kappa shape index (κ3) is 4.11. The van der Waals surface area contributed by atoms with Gasteiger partial charge in [0.2, 0.25) is 0 Å². The number of hydrogen-bond donors (Lipinski definition) is 0. The van der Waals surface area contributed by atoms with Gasteiger partial charge in [-0.2, -0.15) is 0 Å². The molecule has 0 N–H and O–H groups in total. The van der Waals surface area contributed by atoms with Gasteiger partial charge < -0.3 is 13.9 Å². The maximum atomic E-state index is 6.25. The van der Waals surface area contributed by atoms with Gasteiger partial charge in [0.25, 0.3) is 0 Å². The van der Waals surface area contributed by atoms with Crippen LogP contribution in [0.2, 0.25) is 0 Å². The van der Waals surface area contributed by atoms with E-state index >= 15 is 0 Å². The van der Waals surface area contributed by atoms with Crippen molar-refractivity contribution >= 4 is 0 Å². The Morgan fingerprint density at radius 2 is 2.32 bits per heavy atom. The zero-order valence-electron chi connectivity index (χ0n) is 14.8. The van der Waals surface area contributed by atoms with Gasteiger partial charge in [0, 0.05) is 30.8 Å². The Kier molecular flexibility index (Phi) is 4.88. The van der Waals surface area contributed by atoms with E-state index < -0.39 is 0 Å². The van der Waals surface area contributed by atoms with Gasteiger partial charge in [-0.1, -0.05) is 6.07 Å². The number of nitrogens with zero attached hydrogens (tertiary/aromatic N) is 2. The summed E-state index contributed by atoms with van der Waals surface area (Å²) in [5, 5.41) is 0. The van der Waals surface area contributed by atoms with E-state index in [1.807, 2.05) is 37.5 Å². The van der Waals surface area contributed by atoms with Crippen molar-refractivity contribution < 1.29 is 13.9 Å². The van der Waals surface area contributed by atoms with Crippen molar-refractivity contribution in [1.82, 2.24) is 9.88 Å². The highest BCUT2D eigenvalue weighted by Crippen LogP contribution is 2.36. The minimum absolute atomic E-state index is 0.0489. The van der Waals surface area contributed by atoms with E-state index in [4.69, 9.17) is 13.9 Å². The van der Waals surface area contributed by atoms with Crippen molar-refractivity contribution in [3.8, 4) is 0 Å². The first-order chi connectivity index (χ1) is 12.2. The first kappa shape index (κ1) is 16.8. The zero-order chi connectivity index (χ0) is 17.1. The summed E-state index contributed by atoms with van der Waals surface area (Å²) in [7, 11) is 0. The van der Waals surface area contributed by atoms with Gasteiger partial charge in [-0.15, -0.1) is 0 Å². The number of piperidine rings is 1. The second-order valence-electron chi connectivity index (χ2n) is 7.35. The molecule has 4 rings (SSSR count). The van der Waals surface area contributed by atoms with E-state index in [0.717, 1.165) is 43.9 Å². The van der Waals surface area contributed by atoms with Crippen molar-refractivity contribution in [2.24, 2.45) is 0 Å². The fraction of sp³-hybridized carbons (Fsp3) is 0.550. The molecule has 5 heteroatoms. The number of furan rings is 1. The number of aromatic nitrogens is 1. The van der Waals surface area contributed by atoms with Crippen LogP contribution in [0.25, 0.3) is 0 Å². The van der Waals surface area contributed by atoms with Gasteiger partial charge in [0.05, 0.1) is 43.1 Å². The predicted molar refractivity (Wildman–Crippen MR) is 94.1 cm³/mol. The Morgan fingerprint density at radius 1 is 1.36 bits per heavy atom. The maximum absolute atomic E-state index is 6.25. The van der Waals surface area contributed by atoms with Crippen LogP contribution in [-0.2, 0) is 22.6 Å². The molecular weight excluding hydrogens is 316 g/mol. The molecule has 2 aliphatic heterocycles. The third-order valence-corrected chi connectivity index (χ3v) is 5.19. The summed E-state index contributed by atoms with van der Waals surface area (Å²) < 4.78 is 17.5. The quantitative estimate of drug-likeness (QED) is 0.834. The second kappa shape index (κ2) is 7.28. The van der Waals surface area contributed by atoms with Gasteiger partial charge in [-0.25, -0.2) is 0 Å². The lowest BCUT2D eigenvalue weighted by Gasteiger charge is -2.39. The summed E-state index contributed by atoms with van der Waals surface area (Å²) in [5.74, 6) is 0. The molecule has 2 fully saturated rings. The monoisotopic (exact) mass is 342 g/mol. The molecule has 0 radical (unpaired) electrons. The molecular formula is C20H26N2O3. The molecule has 25 heavy (non-hydrogen) atoms. The fourth-order valence-corrected chi connectivity index (χ4v) is 4.04. The maximum Gasteiger partial charge on any atom is 0.0947 e. The van der Waals surface area contributed by atoms with Crippen molar-refractivity contribution in [1.29, 1.82) is 0 Å². The lowest BCUT2D eigenvalue weighted by atomic mass is 9.89. The molecule has 0 bridgehead atoms. The van der Waals surface area contributed by atoms with E-state index in [9.17, 15) is 0 Å². The molecule has 0 saturated carbocycles. The van der Waals surface area contributed by atoms with Crippen molar-refractivity contribution in [2.45, 2.75) is 51.0 Å². The van der Waals surface area contributed by atoms with Crippen LogP contribution in [0.5, 0.6) is 0 Å². The molecule has 5 nitrogen and oxygen atoms in total. The molecule has 2 saturated heterocycles. The minimum atomic E-state index is -0.0489. The SMILES string of the molecule is Cc1cccc(CO[C@H]2CO[C@]3(CCCN(Cc4ccoc4)C3)C2)n1. The lowest BCUT2D eigenvalue weighted by Crippen LogP contribution is -2.47. The first-order valence-corrected chi connectivity index (χ1v) is 9.12. The van der Waals surface area contributed by atoms with Crippen molar-refractivity contribution in [2.75, 3.05) is 19.7 Å². The van der Waals surface area contributed by atoms with Crippen LogP contribution in [0.15, 0.2) is 41.2 Å². The lowest BCUT2D eigenvalue weighted by molar-refractivity contribution is -0.0548. The summed E-state index contributed by atoms with van der Waals surface area (Å²) in [6, 6.07) is 8.10. The highest BCUT2D eigenvalue weighted by Gasteiger charge is 2.43. The van der Waals surface area contributed by atoms with Crippen LogP contribution in [0.3, 0.4) is 0 Å². The van der Waals surface area contributed by atoms with Crippen LogP contribution in [0.1, 0.15) is 36.2 Å². The summed E-state index contributed by atoms with van der Waals surface area (Å²) in [5.41, 5.74) is 3.20. The van der Waals surface area contributed by atoms with E-state index in [1.165, 1.54) is 12.0 Å². The number of ether oxygens (including phenoxy) is 2. The molecule has 2 aromatic heterocycles. The molecule has 2 atom stereocenters. The van der Waals surface area contributed by atoms with E-state index in [0.29, 0.717) is 13.2 Å². The fourth-order valence-electron chi connectivity index (χ4n) is 4.04. The number of rotatable bonds is 5. The van der Waals surface area contributed by atoms with Gasteiger partial charge in [-0.3, -0.25) is 9.88 Å². The number of hydrogen-bond acceptors (Lipinski definition) is 5. The Bertz CT molecular complexity index is 688. The molecule has 1 spiro atoms. The molecule has 4 heterocycles. The third-order valence-electron chi connectivity index (χ3n) is 5.19. The number of pyridine rings is 1. The highest BCUT2D eigenvalue weighted by atomic mass is 16.6. The van der Waals surface area contributed by atoms with E-state index in [1.54, 1.807) is 6.26 Å². The molecule has 2 aromatic rings. The van der Waals surface area contributed by atoms with Crippen LogP contribution < -0.4 is 0 Å². The van der Waals surface area contributed by atoms with E-state index in [-0.39, 0.29) is 11.7 Å². The summed E-state index contributed by atoms with van der Waals surface area (Å²) in [6.45, 7) is 6.28. The summed E-state index contributed by atoms with van der Waals surface area (Å²) >= 11 is 0. The highest BCUT2D eigenvalue weighted by molar-refractivity contribution is 5.09. The van der Waals surface area contributed by atoms with E-state index in [2.05, 4.69) is 9.88 Å². The molecule has 0 unspecified atom stereocenters. The zero-order valence-corrected chi connectivity index (χ0v) is 14.8. The Labute approximate surface area is 148 Å². The normalized spacial score (nSPS) is 27.2. The number of likely N-dealkylation sites (tertiary alicyclic amines) is 1. The summed E-state index contributed by atoms with van der Waals surface area (Å²) in [4.78, 5) is 6.98. The van der Waals surface area contributed by atoms with Crippen LogP contribution in [0.4, 0.5) is 0 Å². The average Bonchev–Trinajstić information content (AvgIpc) is 3.24. The topological polar surface area (TPSA) is 47.7 Å². The van der Waals surface area contributed by atoms with Crippen molar-refractivity contribution in [3.63, 3.8) is 0 Å². The summed E-state index contributed by atoms with van der Waals surface area (Å²) in [6.07, 6.45) is 7.00. The first-order valence-electron chi connectivity index (χ1n) is 9.12. The molecule has 0 aromatic carbocycles. The smallest absolute Gasteiger partial charge is 0.0947 e. The van der Waals surface area contributed by atoms with Crippen molar-refractivity contribution in [3.05, 3.63) is 53.7 Å². The molecule has 2 aliphatic rings. The van der Waals surface area contributed by atoms with Crippen LogP contribution in [-0.4, -0.2) is 41.3 Å². The molecule has 0 amide bonds. The van der Waals surface area contributed by atoms with Gasteiger partial charge >= 0.3 is 0 Å². The van der Waals surface area contributed by atoms with Gasteiger partial charge in [-0.05, 0) is 44.5 Å². The Hall–Kier alpha value is -1.69. The second-order valence-corrected chi connectivity index (χ2v) is 7.35. The average molecular weight is 342 g/mol. The Balaban J connectivity index is 1.31. The number of aryl methyl sites for hydroxylation is 1. The van der Waals surface area contributed by atoms with Crippen LogP contribution in [0, 0.1) is 6.92 Å². The van der Waals surface area contributed by atoms with Gasteiger partial charge in [0.1, 0.15) is 0 Å². The molecule has 134 valence electrons.